The van der Waals surface area contributed by atoms with Crippen molar-refractivity contribution >= 4 is 28.6 Å². The number of nitrogens with zero attached hydrogens (tertiary/aromatic N) is 1. The number of carbonyl (C=O) groups excluding carboxylic acids is 1. The molecular weight excluding hydrogens is 368 g/mol. The van der Waals surface area contributed by atoms with E-state index in [0.717, 1.165) is 33.9 Å². The number of benzene rings is 3. The molecule has 0 aliphatic heterocycles. The summed E-state index contributed by atoms with van der Waals surface area (Å²) in [4.78, 5) is 20.6. The molecule has 1 aliphatic carbocycles. The van der Waals surface area contributed by atoms with Gasteiger partial charge >= 0.3 is 0 Å². The highest BCUT2D eigenvalue weighted by molar-refractivity contribution is 7.99. The minimum Gasteiger partial charge on any atom is -0.497 e. The second-order valence-corrected chi connectivity index (χ2v) is 7.81. The number of Topliss-reactive ketones (excluding diaryl/α,β-unsaturated/α-hetero) is 1. The molecule has 5 heteroatoms. The molecule has 1 heterocycles. The average Bonchev–Trinajstić information content (AvgIpc) is 3.31. The maximum Gasteiger partial charge on any atom is 0.173 e. The molecule has 0 amide bonds. The van der Waals surface area contributed by atoms with Gasteiger partial charge in [0.25, 0.3) is 0 Å². The fourth-order valence-electron chi connectivity index (χ4n) is 3.68. The SMILES string of the molecule is COc1ccc2nc(SCC(=O)c3ccc4c(c3)-c3ccccc3C4)[nH]c2c1. The Balaban J connectivity index is 1.34. The monoisotopic (exact) mass is 386 g/mol. The molecule has 0 saturated carbocycles. The summed E-state index contributed by atoms with van der Waals surface area (Å²) in [5, 5.41) is 0.739. The minimum atomic E-state index is 0.107. The lowest BCUT2D eigenvalue weighted by Crippen LogP contribution is -2.03. The summed E-state index contributed by atoms with van der Waals surface area (Å²) >= 11 is 1.42. The number of H-pyrrole nitrogens is 1. The molecule has 1 N–H and O–H groups in total. The van der Waals surface area contributed by atoms with Gasteiger partial charge in [-0.25, -0.2) is 4.98 Å². The van der Waals surface area contributed by atoms with Crippen LogP contribution >= 0.6 is 11.8 Å². The number of nitrogens with one attached hydrogen (secondary N) is 1. The third-order valence-corrected chi connectivity index (χ3v) is 6.00. The summed E-state index contributed by atoms with van der Waals surface area (Å²) in [7, 11) is 1.64. The van der Waals surface area contributed by atoms with Gasteiger partial charge in [0.05, 0.1) is 23.9 Å². The third kappa shape index (κ3) is 2.98. The number of thioether (sulfide) groups is 1. The van der Waals surface area contributed by atoms with E-state index >= 15 is 0 Å². The third-order valence-electron chi connectivity index (χ3n) is 5.13. The fourth-order valence-corrected chi connectivity index (χ4v) is 4.45. The number of hydrogen-bond acceptors (Lipinski definition) is 4. The molecule has 0 radical (unpaired) electrons. The van der Waals surface area contributed by atoms with Gasteiger partial charge in [-0.2, -0.15) is 0 Å². The van der Waals surface area contributed by atoms with Crippen molar-refractivity contribution in [2.45, 2.75) is 11.6 Å². The average molecular weight is 386 g/mol. The van der Waals surface area contributed by atoms with Crippen LogP contribution in [0.5, 0.6) is 5.75 Å². The van der Waals surface area contributed by atoms with E-state index < -0.39 is 0 Å². The summed E-state index contributed by atoms with van der Waals surface area (Å²) in [5.74, 6) is 1.23. The van der Waals surface area contributed by atoms with Crippen LogP contribution in [0.4, 0.5) is 0 Å². The van der Waals surface area contributed by atoms with E-state index in [9.17, 15) is 4.79 Å². The van der Waals surface area contributed by atoms with Crippen molar-refractivity contribution in [3.8, 4) is 16.9 Å². The molecule has 4 aromatic rings. The van der Waals surface area contributed by atoms with Gasteiger partial charge in [0, 0.05) is 11.6 Å². The van der Waals surface area contributed by atoms with Crippen molar-refractivity contribution in [2.24, 2.45) is 0 Å². The Morgan fingerprint density at radius 1 is 1.07 bits per heavy atom. The predicted octanol–water partition coefficient (Wildman–Crippen LogP) is 5.12. The summed E-state index contributed by atoms with van der Waals surface area (Å²) in [5.41, 5.74) is 7.56. The van der Waals surface area contributed by atoms with E-state index in [1.165, 1.54) is 34.0 Å². The molecule has 138 valence electrons. The van der Waals surface area contributed by atoms with Crippen molar-refractivity contribution in [3.05, 3.63) is 77.4 Å². The summed E-state index contributed by atoms with van der Waals surface area (Å²) in [6, 6.07) is 20.2. The molecule has 0 fully saturated rings. The number of methoxy groups -OCH3 is 1. The van der Waals surface area contributed by atoms with E-state index in [-0.39, 0.29) is 5.78 Å². The molecular formula is C23H18N2O2S. The van der Waals surface area contributed by atoms with Crippen LogP contribution in [0.1, 0.15) is 21.5 Å². The largest absolute Gasteiger partial charge is 0.497 e. The van der Waals surface area contributed by atoms with Gasteiger partial charge in [0.15, 0.2) is 10.9 Å². The van der Waals surface area contributed by atoms with E-state index in [4.69, 9.17) is 4.74 Å². The number of imidazole rings is 1. The first-order chi connectivity index (χ1) is 13.7. The molecule has 4 nitrogen and oxygen atoms in total. The Bertz CT molecular complexity index is 1210. The lowest BCUT2D eigenvalue weighted by atomic mass is 10.0. The Labute approximate surface area is 167 Å². The molecule has 5 rings (SSSR count). The zero-order valence-electron chi connectivity index (χ0n) is 15.4. The first-order valence-electron chi connectivity index (χ1n) is 9.12. The number of carbonyl (C=O) groups is 1. The van der Waals surface area contributed by atoms with Crippen LogP contribution in [0, 0.1) is 0 Å². The standard InChI is InChI=1S/C23H18N2O2S/c1-27-17-8-9-20-21(12-17)25-23(24-20)28-13-22(26)16-7-6-15-10-14-4-2-3-5-18(14)19(15)11-16/h2-9,11-12H,10,13H2,1H3,(H,24,25). The molecule has 0 bridgehead atoms. The maximum atomic E-state index is 12.8. The van der Waals surface area contributed by atoms with Crippen molar-refractivity contribution in [1.29, 1.82) is 0 Å². The van der Waals surface area contributed by atoms with E-state index in [2.05, 4.69) is 40.3 Å². The summed E-state index contributed by atoms with van der Waals surface area (Å²) in [6.07, 6.45) is 0.942. The number of fused-ring (bicyclic) bond motifs is 4. The summed E-state index contributed by atoms with van der Waals surface area (Å²) in [6.45, 7) is 0. The van der Waals surface area contributed by atoms with Gasteiger partial charge in [0.1, 0.15) is 5.75 Å². The van der Waals surface area contributed by atoms with Crippen LogP contribution in [0.2, 0.25) is 0 Å². The first-order valence-corrected chi connectivity index (χ1v) is 10.1. The molecule has 0 saturated heterocycles. The number of aromatic amines is 1. The first kappa shape index (κ1) is 17.1. The number of ketones is 1. The highest BCUT2D eigenvalue weighted by Gasteiger charge is 2.19. The Morgan fingerprint density at radius 2 is 1.93 bits per heavy atom. The van der Waals surface area contributed by atoms with Gasteiger partial charge in [-0.05, 0) is 46.9 Å². The normalized spacial score (nSPS) is 12.0. The van der Waals surface area contributed by atoms with Crippen molar-refractivity contribution in [3.63, 3.8) is 0 Å². The fraction of sp³-hybridized carbons (Fsp3) is 0.130. The molecule has 0 spiro atoms. The number of aromatic nitrogens is 2. The van der Waals surface area contributed by atoms with Gasteiger partial charge in [-0.3, -0.25) is 4.79 Å². The van der Waals surface area contributed by atoms with E-state index in [1.807, 2.05) is 30.3 Å². The molecule has 1 aromatic heterocycles. The number of ether oxygens (including phenoxy) is 1. The topological polar surface area (TPSA) is 55.0 Å². The molecule has 0 atom stereocenters. The van der Waals surface area contributed by atoms with Crippen LogP contribution in [0.15, 0.2) is 65.8 Å². The highest BCUT2D eigenvalue weighted by atomic mass is 32.2. The van der Waals surface area contributed by atoms with Gasteiger partial charge in [-0.15, -0.1) is 0 Å². The lowest BCUT2D eigenvalue weighted by Gasteiger charge is -2.05. The lowest BCUT2D eigenvalue weighted by molar-refractivity contribution is 0.102. The van der Waals surface area contributed by atoms with Crippen molar-refractivity contribution in [2.75, 3.05) is 12.9 Å². The van der Waals surface area contributed by atoms with Gasteiger partial charge < -0.3 is 9.72 Å². The second kappa shape index (κ2) is 6.84. The minimum absolute atomic E-state index is 0.107. The van der Waals surface area contributed by atoms with Crippen molar-refractivity contribution in [1.82, 2.24) is 9.97 Å². The van der Waals surface area contributed by atoms with Crippen molar-refractivity contribution < 1.29 is 9.53 Å². The van der Waals surface area contributed by atoms with Crippen LogP contribution < -0.4 is 4.74 Å². The van der Waals surface area contributed by atoms with Crippen LogP contribution in [0.25, 0.3) is 22.2 Å². The summed E-state index contributed by atoms with van der Waals surface area (Å²) < 4.78 is 5.24. The highest BCUT2D eigenvalue weighted by Crippen LogP contribution is 2.37. The predicted molar refractivity (Wildman–Crippen MR) is 112 cm³/mol. The maximum absolute atomic E-state index is 12.8. The van der Waals surface area contributed by atoms with Gasteiger partial charge in [0.2, 0.25) is 0 Å². The smallest absolute Gasteiger partial charge is 0.173 e. The zero-order chi connectivity index (χ0) is 19.1. The number of hydrogen-bond donors (Lipinski definition) is 1. The van der Waals surface area contributed by atoms with Crippen LogP contribution in [-0.4, -0.2) is 28.6 Å². The zero-order valence-corrected chi connectivity index (χ0v) is 16.2. The molecule has 28 heavy (non-hydrogen) atoms. The second-order valence-electron chi connectivity index (χ2n) is 6.84. The Hall–Kier alpha value is -3.05. The molecule has 3 aromatic carbocycles. The van der Waals surface area contributed by atoms with Crippen LogP contribution in [-0.2, 0) is 6.42 Å². The van der Waals surface area contributed by atoms with E-state index in [0.29, 0.717) is 5.75 Å². The van der Waals surface area contributed by atoms with Crippen LogP contribution in [0.3, 0.4) is 0 Å². The molecule has 0 unspecified atom stereocenters. The molecule has 1 aliphatic rings. The quantitative estimate of drug-likeness (QED) is 0.337. The van der Waals surface area contributed by atoms with Gasteiger partial charge in [-0.1, -0.05) is 48.2 Å². The Kier molecular flexibility index (Phi) is 4.17. The van der Waals surface area contributed by atoms with E-state index in [1.54, 1.807) is 7.11 Å². The number of rotatable bonds is 5. The Morgan fingerprint density at radius 3 is 2.82 bits per heavy atom.